The summed E-state index contributed by atoms with van der Waals surface area (Å²) in [5.74, 6) is 0.248. The molecule has 0 spiro atoms. The summed E-state index contributed by atoms with van der Waals surface area (Å²) in [7, 11) is -1.90. The minimum atomic E-state index is -3.50. The molecular weight excluding hydrogens is 316 g/mol. The van der Waals surface area contributed by atoms with Crippen molar-refractivity contribution in [2.24, 2.45) is 5.92 Å². The molecule has 1 aromatic rings. The fourth-order valence-corrected chi connectivity index (χ4v) is 4.07. The van der Waals surface area contributed by atoms with Crippen molar-refractivity contribution in [2.75, 3.05) is 12.8 Å². The van der Waals surface area contributed by atoms with Crippen LogP contribution < -0.4 is 5.73 Å². The van der Waals surface area contributed by atoms with E-state index in [4.69, 9.17) is 5.73 Å². The molecular formula is C12H19BrN2O2S. The predicted octanol–water partition coefficient (Wildman–Crippen LogP) is 2.70. The minimum Gasteiger partial charge on any atom is -0.399 e. The maximum Gasteiger partial charge on any atom is 0.244 e. The highest BCUT2D eigenvalue weighted by molar-refractivity contribution is 9.10. The first-order valence-electron chi connectivity index (χ1n) is 5.71. The van der Waals surface area contributed by atoms with Crippen molar-refractivity contribution in [3.05, 3.63) is 22.7 Å². The molecule has 1 rings (SSSR count). The van der Waals surface area contributed by atoms with E-state index in [0.29, 0.717) is 10.2 Å². The fraction of sp³-hybridized carbons (Fsp3) is 0.500. The SMILES string of the molecule is CC(C)C(C)N(C)S(=O)(=O)c1ccc(N)cc1Br. The summed E-state index contributed by atoms with van der Waals surface area (Å²) < 4.78 is 26.8. The number of halogens is 1. The third-order valence-corrected chi connectivity index (χ3v) is 6.07. The number of nitrogens with zero attached hydrogens (tertiary/aromatic N) is 1. The molecule has 4 nitrogen and oxygen atoms in total. The van der Waals surface area contributed by atoms with Crippen LogP contribution in [0.25, 0.3) is 0 Å². The largest absolute Gasteiger partial charge is 0.399 e. The average Bonchev–Trinajstić information content (AvgIpc) is 2.26. The maximum absolute atomic E-state index is 12.5. The topological polar surface area (TPSA) is 63.4 Å². The number of nitrogen functional groups attached to an aromatic ring is 1. The van der Waals surface area contributed by atoms with Crippen LogP contribution in [0, 0.1) is 5.92 Å². The molecule has 0 fully saturated rings. The Bertz CT molecular complexity index is 529. The van der Waals surface area contributed by atoms with Crippen molar-refractivity contribution >= 4 is 31.6 Å². The molecule has 102 valence electrons. The molecule has 0 saturated heterocycles. The van der Waals surface area contributed by atoms with Gasteiger partial charge >= 0.3 is 0 Å². The van der Waals surface area contributed by atoms with E-state index in [-0.39, 0.29) is 16.9 Å². The highest BCUT2D eigenvalue weighted by Gasteiger charge is 2.28. The van der Waals surface area contributed by atoms with E-state index in [1.165, 1.54) is 10.4 Å². The first-order chi connectivity index (χ1) is 8.17. The van der Waals surface area contributed by atoms with Crippen LogP contribution in [0.2, 0.25) is 0 Å². The van der Waals surface area contributed by atoms with E-state index in [0.717, 1.165) is 0 Å². The summed E-state index contributed by atoms with van der Waals surface area (Å²) in [6, 6.07) is 4.64. The Balaban J connectivity index is 3.21. The Hall–Kier alpha value is -0.590. The molecule has 0 aromatic heterocycles. The van der Waals surface area contributed by atoms with Gasteiger partial charge in [0.2, 0.25) is 10.0 Å². The van der Waals surface area contributed by atoms with Crippen LogP contribution in [0.3, 0.4) is 0 Å². The Morgan fingerprint density at radius 1 is 1.28 bits per heavy atom. The van der Waals surface area contributed by atoms with Gasteiger partial charge < -0.3 is 5.73 Å². The molecule has 0 heterocycles. The van der Waals surface area contributed by atoms with Gasteiger partial charge in [0.15, 0.2) is 0 Å². The summed E-state index contributed by atoms with van der Waals surface area (Å²) in [5.41, 5.74) is 6.14. The highest BCUT2D eigenvalue weighted by atomic mass is 79.9. The van der Waals surface area contributed by atoms with E-state index in [9.17, 15) is 8.42 Å². The van der Waals surface area contributed by atoms with Gasteiger partial charge in [-0.3, -0.25) is 0 Å². The normalized spacial score (nSPS) is 14.2. The van der Waals surface area contributed by atoms with Crippen molar-refractivity contribution in [1.82, 2.24) is 4.31 Å². The fourth-order valence-electron chi connectivity index (χ4n) is 1.52. The monoisotopic (exact) mass is 334 g/mol. The zero-order chi connectivity index (χ0) is 14.1. The third-order valence-electron chi connectivity index (χ3n) is 3.15. The summed E-state index contributed by atoms with van der Waals surface area (Å²) in [6.07, 6.45) is 0. The Labute approximate surface area is 117 Å². The van der Waals surface area contributed by atoms with E-state index < -0.39 is 10.0 Å². The number of nitrogens with two attached hydrogens (primary N) is 1. The first kappa shape index (κ1) is 15.5. The highest BCUT2D eigenvalue weighted by Crippen LogP contribution is 2.28. The Morgan fingerprint density at radius 3 is 2.28 bits per heavy atom. The summed E-state index contributed by atoms with van der Waals surface area (Å²) in [4.78, 5) is 0.242. The molecule has 0 amide bonds. The van der Waals surface area contributed by atoms with Gasteiger partial charge in [0.1, 0.15) is 0 Å². The molecule has 1 unspecified atom stereocenters. The predicted molar refractivity (Wildman–Crippen MR) is 77.8 cm³/mol. The molecule has 0 saturated carbocycles. The number of hydrogen-bond donors (Lipinski definition) is 1. The molecule has 0 bridgehead atoms. The number of anilines is 1. The van der Waals surface area contributed by atoms with Gasteiger partial charge in [-0.1, -0.05) is 13.8 Å². The van der Waals surface area contributed by atoms with E-state index >= 15 is 0 Å². The number of benzene rings is 1. The standard InChI is InChI=1S/C12H19BrN2O2S/c1-8(2)9(3)15(4)18(16,17)12-6-5-10(14)7-11(12)13/h5-9H,14H2,1-4H3. The zero-order valence-electron chi connectivity index (χ0n) is 11.0. The van der Waals surface area contributed by atoms with Crippen LogP contribution in [0.4, 0.5) is 5.69 Å². The second-order valence-corrected chi connectivity index (χ2v) is 7.52. The van der Waals surface area contributed by atoms with Gasteiger partial charge in [-0.25, -0.2) is 8.42 Å². The van der Waals surface area contributed by atoms with Crippen LogP contribution in [-0.2, 0) is 10.0 Å². The van der Waals surface area contributed by atoms with E-state index in [2.05, 4.69) is 15.9 Å². The molecule has 0 aliphatic heterocycles. The van der Waals surface area contributed by atoms with Gasteiger partial charge in [-0.2, -0.15) is 4.31 Å². The Kier molecular flexibility index (Phi) is 4.80. The third kappa shape index (κ3) is 3.05. The molecule has 2 N–H and O–H groups in total. The van der Waals surface area contributed by atoms with Crippen LogP contribution in [0.15, 0.2) is 27.6 Å². The van der Waals surface area contributed by atoms with Crippen LogP contribution in [-0.4, -0.2) is 25.8 Å². The molecule has 6 heteroatoms. The number of rotatable bonds is 4. The lowest BCUT2D eigenvalue weighted by Crippen LogP contribution is -2.38. The van der Waals surface area contributed by atoms with Gasteiger partial charge in [0, 0.05) is 23.2 Å². The quantitative estimate of drug-likeness (QED) is 0.861. The average molecular weight is 335 g/mol. The lowest BCUT2D eigenvalue weighted by atomic mass is 10.1. The first-order valence-corrected chi connectivity index (χ1v) is 7.94. The second kappa shape index (κ2) is 5.59. The summed E-state index contributed by atoms with van der Waals surface area (Å²) >= 11 is 3.25. The molecule has 0 aliphatic carbocycles. The molecule has 1 atom stereocenters. The van der Waals surface area contributed by atoms with Crippen LogP contribution in [0.5, 0.6) is 0 Å². The van der Waals surface area contributed by atoms with Crippen molar-refractivity contribution in [3.63, 3.8) is 0 Å². The summed E-state index contributed by atoms with van der Waals surface area (Å²) in [6.45, 7) is 5.89. The van der Waals surface area contributed by atoms with Crippen molar-refractivity contribution in [3.8, 4) is 0 Å². The van der Waals surface area contributed by atoms with E-state index in [1.807, 2.05) is 20.8 Å². The molecule has 0 radical (unpaired) electrons. The zero-order valence-corrected chi connectivity index (χ0v) is 13.4. The van der Waals surface area contributed by atoms with Crippen molar-refractivity contribution < 1.29 is 8.42 Å². The van der Waals surface area contributed by atoms with Crippen LogP contribution >= 0.6 is 15.9 Å². The smallest absolute Gasteiger partial charge is 0.244 e. The molecule has 1 aromatic carbocycles. The number of hydrogen-bond acceptors (Lipinski definition) is 3. The molecule has 18 heavy (non-hydrogen) atoms. The number of sulfonamides is 1. The maximum atomic E-state index is 12.5. The van der Waals surface area contributed by atoms with Gasteiger partial charge in [-0.05, 0) is 47.0 Å². The lowest BCUT2D eigenvalue weighted by Gasteiger charge is -2.27. The van der Waals surface area contributed by atoms with Gasteiger partial charge in [-0.15, -0.1) is 0 Å². The minimum absolute atomic E-state index is 0.0700. The van der Waals surface area contributed by atoms with Gasteiger partial charge in [0.05, 0.1) is 4.90 Å². The van der Waals surface area contributed by atoms with Gasteiger partial charge in [0.25, 0.3) is 0 Å². The van der Waals surface area contributed by atoms with Crippen molar-refractivity contribution in [2.45, 2.75) is 31.7 Å². The molecule has 0 aliphatic rings. The van der Waals surface area contributed by atoms with E-state index in [1.54, 1.807) is 19.2 Å². The lowest BCUT2D eigenvalue weighted by molar-refractivity contribution is 0.315. The summed E-state index contributed by atoms with van der Waals surface area (Å²) in [5, 5.41) is 0. The second-order valence-electron chi connectivity index (χ2n) is 4.70. The van der Waals surface area contributed by atoms with Crippen molar-refractivity contribution in [1.29, 1.82) is 0 Å². The Morgan fingerprint density at radius 2 is 1.83 bits per heavy atom. The van der Waals surface area contributed by atoms with Crippen LogP contribution in [0.1, 0.15) is 20.8 Å².